The van der Waals surface area contributed by atoms with E-state index in [9.17, 15) is 9.59 Å². The molecule has 0 amide bonds. The van der Waals surface area contributed by atoms with Gasteiger partial charge in [-0.2, -0.15) is 5.10 Å². The summed E-state index contributed by atoms with van der Waals surface area (Å²) >= 11 is 6.07. The molecule has 20 heavy (non-hydrogen) atoms. The Balaban J connectivity index is 2.60. The Morgan fingerprint density at radius 1 is 1.40 bits per heavy atom. The van der Waals surface area contributed by atoms with Crippen molar-refractivity contribution in [3.8, 4) is 17.0 Å². The fourth-order valence-electron chi connectivity index (χ4n) is 1.83. The minimum atomic E-state index is -0.397. The maximum absolute atomic E-state index is 11.8. The number of nitrogens with zero attached hydrogens (tertiary/aromatic N) is 2. The minimum absolute atomic E-state index is 0.0730. The summed E-state index contributed by atoms with van der Waals surface area (Å²) in [6.07, 6.45) is 0.533. The average molecular weight is 293 g/mol. The van der Waals surface area contributed by atoms with Crippen molar-refractivity contribution in [2.45, 2.75) is 13.5 Å². The summed E-state index contributed by atoms with van der Waals surface area (Å²) in [5.41, 5.74) is 0.897. The molecule has 0 aliphatic carbocycles. The highest BCUT2D eigenvalue weighted by Crippen LogP contribution is 2.29. The van der Waals surface area contributed by atoms with Crippen LogP contribution < -0.4 is 10.3 Å². The van der Waals surface area contributed by atoms with Gasteiger partial charge in [-0.05, 0) is 31.2 Å². The third kappa shape index (κ3) is 2.58. The van der Waals surface area contributed by atoms with Crippen LogP contribution in [0, 0.1) is 0 Å². The molecule has 5 nitrogen and oxygen atoms in total. The van der Waals surface area contributed by atoms with E-state index >= 15 is 0 Å². The van der Waals surface area contributed by atoms with Gasteiger partial charge in [0, 0.05) is 12.1 Å². The Labute approximate surface area is 120 Å². The molecule has 2 rings (SSSR count). The Morgan fingerprint density at radius 2 is 2.15 bits per heavy atom. The van der Waals surface area contributed by atoms with E-state index in [0.717, 1.165) is 0 Å². The third-order valence-corrected chi connectivity index (χ3v) is 3.17. The first-order valence-electron chi connectivity index (χ1n) is 6.02. The fourth-order valence-corrected chi connectivity index (χ4v) is 2.09. The van der Waals surface area contributed by atoms with Crippen LogP contribution in [0.15, 0.2) is 29.1 Å². The van der Waals surface area contributed by atoms with Crippen molar-refractivity contribution in [1.29, 1.82) is 0 Å². The van der Waals surface area contributed by atoms with Crippen LogP contribution in [0.4, 0.5) is 0 Å². The van der Waals surface area contributed by atoms with Crippen LogP contribution in [0.2, 0.25) is 5.02 Å². The molecule has 0 fully saturated rings. The molecule has 104 valence electrons. The number of hydrogen-bond acceptors (Lipinski definition) is 4. The number of hydrogen-bond donors (Lipinski definition) is 0. The molecule has 0 unspecified atom stereocenters. The highest BCUT2D eigenvalue weighted by atomic mass is 35.5. The largest absolute Gasteiger partial charge is 0.495 e. The highest BCUT2D eigenvalue weighted by molar-refractivity contribution is 6.32. The Bertz CT molecular complexity index is 710. The van der Waals surface area contributed by atoms with E-state index in [2.05, 4.69) is 5.10 Å². The lowest BCUT2D eigenvalue weighted by Gasteiger charge is -2.08. The van der Waals surface area contributed by atoms with Gasteiger partial charge in [0.2, 0.25) is 0 Å². The number of carbonyl (C=O) groups is 1. The maximum Gasteiger partial charge on any atom is 0.277 e. The molecule has 0 N–H and O–H groups in total. The smallest absolute Gasteiger partial charge is 0.277 e. The van der Waals surface area contributed by atoms with Crippen molar-refractivity contribution in [3.05, 3.63) is 45.2 Å². The number of methoxy groups -OCH3 is 1. The lowest BCUT2D eigenvalue weighted by atomic mass is 10.1. The SMILES string of the molecule is CCn1nc(-c2ccc(OC)c(Cl)c2)cc(C=O)c1=O. The van der Waals surface area contributed by atoms with E-state index < -0.39 is 5.56 Å². The number of carbonyl (C=O) groups excluding carboxylic acids is 1. The lowest BCUT2D eigenvalue weighted by molar-refractivity contribution is 0.112. The number of rotatable bonds is 4. The summed E-state index contributed by atoms with van der Waals surface area (Å²) in [4.78, 5) is 22.8. The van der Waals surface area contributed by atoms with Crippen molar-refractivity contribution in [2.75, 3.05) is 7.11 Å². The molecule has 1 aromatic carbocycles. The molecule has 1 aromatic heterocycles. The first-order valence-corrected chi connectivity index (χ1v) is 6.39. The fraction of sp³-hybridized carbons (Fsp3) is 0.214. The molecule has 0 bridgehead atoms. The number of halogens is 1. The van der Waals surface area contributed by atoms with E-state index in [1.54, 1.807) is 25.1 Å². The molecule has 6 heteroatoms. The van der Waals surface area contributed by atoms with Gasteiger partial charge in [-0.3, -0.25) is 9.59 Å². The zero-order valence-corrected chi connectivity index (χ0v) is 11.8. The topological polar surface area (TPSA) is 61.2 Å². The number of aromatic nitrogens is 2. The summed E-state index contributed by atoms with van der Waals surface area (Å²) in [6, 6.07) is 6.62. The molecule has 0 spiro atoms. The monoisotopic (exact) mass is 292 g/mol. The lowest BCUT2D eigenvalue weighted by Crippen LogP contribution is -2.25. The number of benzene rings is 1. The van der Waals surface area contributed by atoms with Crippen LogP contribution in [0.5, 0.6) is 5.75 Å². The van der Waals surface area contributed by atoms with Gasteiger partial charge >= 0.3 is 0 Å². The Kier molecular flexibility index (Phi) is 4.20. The van der Waals surface area contributed by atoms with Crippen molar-refractivity contribution in [1.82, 2.24) is 9.78 Å². The summed E-state index contributed by atoms with van der Waals surface area (Å²) in [5.74, 6) is 0.551. The molecular formula is C14H13ClN2O3. The van der Waals surface area contributed by atoms with Gasteiger partial charge in [0.25, 0.3) is 5.56 Å². The van der Waals surface area contributed by atoms with E-state index in [1.165, 1.54) is 17.9 Å². The van der Waals surface area contributed by atoms with Gasteiger partial charge in [0.05, 0.1) is 23.4 Å². The number of aryl methyl sites for hydroxylation is 1. The number of ether oxygens (including phenoxy) is 1. The molecule has 2 aromatic rings. The molecule has 0 radical (unpaired) electrons. The second kappa shape index (κ2) is 5.88. The van der Waals surface area contributed by atoms with Crippen LogP contribution in [0.25, 0.3) is 11.3 Å². The van der Waals surface area contributed by atoms with Crippen LogP contribution in [-0.4, -0.2) is 23.2 Å². The van der Waals surface area contributed by atoms with Crippen molar-refractivity contribution in [3.63, 3.8) is 0 Å². The molecule has 1 heterocycles. The quantitative estimate of drug-likeness (QED) is 0.812. The molecule has 0 saturated carbocycles. The zero-order chi connectivity index (χ0) is 14.7. The Hall–Kier alpha value is -2.14. The minimum Gasteiger partial charge on any atom is -0.495 e. The second-order valence-electron chi connectivity index (χ2n) is 4.07. The van der Waals surface area contributed by atoms with Crippen molar-refractivity contribution in [2.24, 2.45) is 0 Å². The van der Waals surface area contributed by atoms with Crippen LogP contribution in [-0.2, 0) is 6.54 Å². The van der Waals surface area contributed by atoms with Gasteiger partial charge < -0.3 is 4.74 Å². The van der Waals surface area contributed by atoms with Crippen LogP contribution in [0.3, 0.4) is 0 Å². The summed E-state index contributed by atoms with van der Waals surface area (Å²) < 4.78 is 6.33. The Morgan fingerprint density at radius 3 is 2.70 bits per heavy atom. The predicted octanol–water partition coefficient (Wildman–Crippen LogP) is 2.40. The molecule has 0 atom stereocenters. The van der Waals surface area contributed by atoms with E-state index in [4.69, 9.17) is 16.3 Å². The molecular weight excluding hydrogens is 280 g/mol. The van der Waals surface area contributed by atoms with Gasteiger partial charge in [-0.15, -0.1) is 0 Å². The molecule has 0 aliphatic heterocycles. The number of aldehydes is 1. The van der Waals surface area contributed by atoms with Crippen LogP contribution >= 0.6 is 11.6 Å². The second-order valence-corrected chi connectivity index (χ2v) is 4.48. The van der Waals surface area contributed by atoms with Crippen LogP contribution in [0.1, 0.15) is 17.3 Å². The van der Waals surface area contributed by atoms with E-state index in [1.807, 2.05) is 0 Å². The van der Waals surface area contributed by atoms with Gasteiger partial charge in [0.1, 0.15) is 5.75 Å². The highest BCUT2D eigenvalue weighted by Gasteiger charge is 2.10. The van der Waals surface area contributed by atoms with Crippen molar-refractivity contribution < 1.29 is 9.53 Å². The van der Waals surface area contributed by atoms with E-state index in [-0.39, 0.29) is 5.56 Å². The van der Waals surface area contributed by atoms with Gasteiger partial charge in [-0.25, -0.2) is 4.68 Å². The first-order chi connectivity index (χ1) is 9.60. The summed E-state index contributed by atoms with van der Waals surface area (Å²) in [6.45, 7) is 2.17. The molecule has 0 aliphatic rings. The van der Waals surface area contributed by atoms with Crippen molar-refractivity contribution >= 4 is 17.9 Å². The first kappa shape index (κ1) is 14.3. The summed E-state index contributed by atoms with van der Waals surface area (Å²) in [5, 5.41) is 4.65. The van der Waals surface area contributed by atoms with Gasteiger partial charge in [-0.1, -0.05) is 11.6 Å². The predicted molar refractivity (Wildman–Crippen MR) is 76.6 cm³/mol. The summed E-state index contributed by atoms with van der Waals surface area (Å²) in [7, 11) is 1.53. The zero-order valence-electron chi connectivity index (χ0n) is 11.1. The normalized spacial score (nSPS) is 10.3. The van der Waals surface area contributed by atoms with E-state index in [0.29, 0.717) is 34.9 Å². The molecule has 0 saturated heterocycles. The average Bonchev–Trinajstić information content (AvgIpc) is 2.47. The standard InChI is InChI=1S/C14H13ClN2O3/c1-3-17-14(19)10(8-18)7-12(16-17)9-4-5-13(20-2)11(15)6-9/h4-8H,3H2,1-2H3. The van der Waals surface area contributed by atoms with Gasteiger partial charge in [0.15, 0.2) is 6.29 Å². The maximum atomic E-state index is 11.8. The third-order valence-electron chi connectivity index (χ3n) is 2.88.